The molecule has 2 aromatic carbocycles. The van der Waals surface area contributed by atoms with Crippen LogP contribution in [-0.4, -0.2) is 49.0 Å². The number of fused-ring (bicyclic) bond motifs is 1. The summed E-state index contributed by atoms with van der Waals surface area (Å²) >= 11 is 0. The van der Waals surface area contributed by atoms with Gasteiger partial charge in [-0.3, -0.25) is 19.1 Å². The van der Waals surface area contributed by atoms with Gasteiger partial charge in [0.1, 0.15) is 11.5 Å². The molecule has 3 amide bonds. The quantitative estimate of drug-likeness (QED) is 0.230. The van der Waals surface area contributed by atoms with Gasteiger partial charge in [0.2, 0.25) is 5.91 Å². The van der Waals surface area contributed by atoms with Crippen molar-refractivity contribution in [2.75, 3.05) is 17.2 Å². The van der Waals surface area contributed by atoms with E-state index in [1.165, 1.54) is 12.1 Å². The topological polar surface area (TPSA) is 132 Å². The molecule has 0 radical (unpaired) electrons. The highest BCUT2D eigenvalue weighted by Crippen LogP contribution is 2.33. The Kier molecular flexibility index (Phi) is 8.03. The highest BCUT2D eigenvalue weighted by molar-refractivity contribution is 6.04. The SMILES string of the molecule is C=CC(=O)Nc1cc(F)ccc1Cn1nc(C(=O)Nc2cccc([C@H](C)O)c2)c2c1C(C)CN(C(=O)c1ccc[nH]1)C2. The minimum atomic E-state index is -0.714. The van der Waals surface area contributed by atoms with E-state index < -0.39 is 23.7 Å². The number of benzene rings is 2. The number of carbonyl (C=O) groups is 3. The molecule has 0 spiro atoms. The number of carbonyl (C=O) groups excluding carboxylic acids is 3. The lowest BCUT2D eigenvalue weighted by Gasteiger charge is -2.32. The molecule has 10 nitrogen and oxygen atoms in total. The van der Waals surface area contributed by atoms with E-state index >= 15 is 0 Å². The van der Waals surface area contributed by atoms with Gasteiger partial charge >= 0.3 is 0 Å². The van der Waals surface area contributed by atoms with Crippen molar-refractivity contribution in [1.29, 1.82) is 0 Å². The molecule has 42 heavy (non-hydrogen) atoms. The summed E-state index contributed by atoms with van der Waals surface area (Å²) in [4.78, 5) is 43.6. The third-order valence-electron chi connectivity index (χ3n) is 7.20. The standard InChI is InChI=1S/C31H31FN6O4/c1-4-27(40)35-26-14-22(32)11-10-21(26)16-38-29-18(2)15-37(31(42)25-9-6-12-33-25)17-24(29)28(36-38)30(41)34-23-8-5-7-20(13-23)19(3)39/h4-14,18-19,33,39H,1,15-17H2,2-3H3,(H,34,41)(H,35,40)/t18?,19-/m0/s1. The first-order valence-corrected chi connectivity index (χ1v) is 13.5. The smallest absolute Gasteiger partial charge is 0.276 e. The summed E-state index contributed by atoms with van der Waals surface area (Å²) in [5, 5.41) is 20.2. The normalized spacial score (nSPS) is 15.0. The third-order valence-corrected chi connectivity index (χ3v) is 7.20. The molecular formula is C31H31FN6O4. The van der Waals surface area contributed by atoms with E-state index in [4.69, 9.17) is 5.10 Å². The Morgan fingerprint density at radius 3 is 2.71 bits per heavy atom. The summed E-state index contributed by atoms with van der Waals surface area (Å²) in [6.45, 7) is 7.71. The Morgan fingerprint density at radius 1 is 1.19 bits per heavy atom. The molecule has 0 saturated heterocycles. The second-order valence-electron chi connectivity index (χ2n) is 10.3. The van der Waals surface area contributed by atoms with E-state index in [0.717, 1.165) is 11.8 Å². The number of halogens is 1. The lowest BCUT2D eigenvalue weighted by Crippen LogP contribution is -2.38. The van der Waals surface area contributed by atoms with E-state index in [2.05, 4.69) is 22.2 Å². The largest absolute Gasteiger partial charge is 0.389 e. The highest BCUT2D eigenvalue weighted by atomic mass is 19.1. The fourth-order valence-electron chi connectivity index (χ4n) is 5.20. The number of aliphatic hydroxyl groups is 1. The average Bonchev–Trinajstić information content (AvgIpc) is 3.63. The van der Waals surface area contributed by atoms with Crippen LogP contribution < -0.4 is 10.6 Å². The molecule has 11 heteroatoms. The number of amides is 3. The van der Waals surface area contributed by atoms with Crippen molar-refractivity contribution in [1.82, 2.24) is 19.7 Å². The predicted octanol–water partition coefficient (Wildman–Crippen LogP) is 4.59. The van der Waals surface area contributed by atoms with Crippen LogP contribution in [0.2, 0.25) is 0 Å². The Morgan fingerprint density at radius 2 is 2.00 bits per heavy atom. The van der Waals surface area contributed by atoms with Gasteiger partial charge in [-0.15, -0.1) is 0 Å². The van der Waals surface area contributed by atoms with Crippen molar-refractivity contribution in [3.8, 4) is 0 Å². The molecule has 1 unspecified atom stereocenters. The minimum Gasteiger partial charge on any atom is -0.389 e. The van der Waals surface area contributed by atoms with Gasteiger partial charge in [-0.2, -0.15) is 5.10 Å². The van der Waals surface area contributed by atoms with Crippen LogP contribution in [0.25, 0.3) is 0 Å². The van der Waals surface area contributed by atoms with Crippen LogP contribution in [0.4, 0.5) is 15.8 Å². The number of H-pyrrole nitrogens is 1. The number of hydrogen-bond acceptors (Lipinski definition) is 5. The molecule has 0 aliphatic carbocycles. The number of anilines is 2. The maximum Gasteiger partial charge on any atom is 0.276 e. The molecular weight excluding hydrogens is 539 g/mol. The molecule has 0 fully saturated rings. The molecule has 0 bridgehead atoms. The molecule has 0 saturated carbocycles. The third kappa shape index (κ3) is 5.86. The Balaban J connectivity index is 1.54. The van der Waals surface area contributed by atoms with Crippen molar-refractivity contribution >= 4 is 29.1 Å². The Hall–Kier alpha value is -5.03. The molecule has 4 N–H and O–H groups in total. The van der Waals surface area contributed by atoms with Crippen molar-refractivity contribution in [3.63, 3.8) is 0 Å². The summed E-state index contributed by atoms with van der Waals surface area (Å²) < 4.78 is 15.8. The number of rotatable bonds is 8. The summed E-state index contributed by atoms with van der Waals surface area (Å²) in [6, 6.07) is 14.4. The number of aromatic amines is 1. The number of aliphatic hydroxyl groups excluding tert-OH is 1. The van der Waals surface area contributed by atoms with Crippen molar-refractivity contribution < 1.29 is 23.9 Å². The van der Waals surface area contributed by atoms with Gasteiger partial charge in [0.25, 0.3) is 11.8 Å². The van der Waals surface area contributed by atoms with Crippen molar-refractivity contribution in [3.05, 3.63) is 113 Å². The van der Waals surface area contributed by atoms with Crippen LogP contribution in [0.15, 0.2) is 73.4 Å². The zero-order valence-corrected chi connectivity index (χ0v) is 23.2. The number of hydrogen-bond donors (Lipinski definition) is 4. The first kappa shape index (κ1) is 28.5. The zero-order valence-electron chi connectivity index (χ0n) is 23.2. The number of nitrogens with one attached hydrogen (secondary N) is 3. The first-order valence-electron chi connectivity index (χ1n) is 13.5. The van der Waals surface area contributed by atoms with Crippen molar-refractivity contribution in [2.45, 2.75) is 39.0 Å². The van der Waals surface area contributed by atoms with Gasteiger partial charge in [0.05, 0.1) is 19.2 Å². The minimum absolute atomic E-state index is 0.134. The maximum absolute atomic E-state index is 14.1. The number of nitrogens with zero attached hydrogens (tertiary/aromatic N) is 3. The van der Waals surface area contributed by atoms with Crippen LogP contribution in [0.5, 0.6) is 0 Å². The molecule has 1 aliphatic rings. The van der Waals surface area contributed by atoms with Gasteiger partial charge in [0.15, 0.2) is 5.69 Å². The van der Waals surface area contributed by atoms with Crippen LogP contribution in [0.1, 0.15) is 69.2 Å². The number of aromatic nitrogens is 3. The fourth-order valence-corrected chi connectivity index (χ4v) is 5.20. The van der Waals surface area contributed by atoms with Crippen LogP contribution >= 0.6 is 0 Å². The molecule has 2 atom stereocenters. The predicted molar refractivity (Wildman–Crippen MR) is 156 cm³/mol. The molecule has 4 aromatic rings. The summed E-state index contributed by atoms with van der Waals surface area (Å²) in [7, 11) is 0. The second-order valence-corrected chi connectivity index (χ2v) is 10.3. The Labute approximate surface area is 241 Å². The van der Waals surface area contributed by atoms with E-state index in [1.54, 1.807) is 65.2 Å². The van der Waals surface area contributed by atoms with Crippen LogP contribution in [0.3, 0.4) is 0 Å². The molecule has 3 heterocycles. The molecule has 2 aromatic heterocycles. The van der Waals surface area contributed by atoms with Gasteiger partial charge in [-0.25, -0.2) is 4.39 Å². The molecule has 216 valence electrons. The lowest BCUT2D eigenvalue weighted by atomic mass is 9.95. The van der Waals surface area contributed by atoms with E-state index in [-0.39, 0.29) is 36.3 Å². The van der Waals surface area contributed by atoms with E-state index in [1.807, 2.05) is 6.92 Å². The van der Waals surface area contributed by atoms with E-state index in [0.29, 0.717) is 34.6 Å². The van der Waals surface area contributed by atoms with Crippen LogP contribution in [0, 0.1) is 5.82 Å². The monoisotopic (exact) mass is 570 g/mol. The van der Waals surface area contributed by atoms with Gasteiger partial charge < -0.3 is 25.6 Å². The van der Waals surface area contributed by atoms with Gasteiger partial charge in [-0.1, -0.05) is 31.7 Å². The summed E-state index contributed by atoms with van der Waals surface area (Å²) in [5.74, 6) is -1.89. The average molecular weight is 571 g/mol. The summed E-state index contributed by atoms with van der Waals surface area (Å²) in [6.07, 6.45) is 2.06. The Bertz CT molecular complexity index is 1660. The maximum atomic E-state index is 14.1. The zero-order chi connectivity index (χ0) is 30.0. The van der Waals surface area contributed by atoms with Gasteiger partial charge in [0, 0.05) is 41.3 Å². The second kappa shape index (κ2) is 11.8. The molecule has 5 rings (SSSR count). The lowest BCUT2D eigenvalue weighted by molar-refractivity contribution is -0.111. The van der Waals surface area contributed by atoms with Crippen LogP contribution in [-0.2, 0) is 17.9 Å². The summed E-state index contributed by atoms with van der Waals surface area (Å²) in [5.41, 5.74) is 3.90. The fraction of sp³-hybridized carbons (Fsp3) is 0.226. The van der Waals surface area contributed by atoms with Crippen molar-refractivity contribution in [2.24, 2.45) is 0 Å². The molecule has 1 aliphatic heterocycles. The van der Waals surface area contributed by atoms with Gasteiger partial charge in [-0.05, 0) is 60.5 Å². The highest BCUT2D eigenvalue weighted by Gasteiger charge is 2.35. The van der Waals surface area contributed by atoms with E-state index in [9.17, 15) is 23.9 Å². The first-order chi connectivity index (χ1) is 20.1.